The van der Waals surface area contributed by atoms with Crippen molar-refractivity contribution in [2.45, 2.75) is 19.4 Å². The number of carbonyl (C=O) groups is 1. The fourth-order valence-electron chi connectivity index (χ4n) is 1.26. The van der Waals surface area contributed by atoms with Crippen molar-refractivity contribution < 1.29 is 9.90 Å². The minimum Gasteiger partial charge on any atom is -0.394 e. The number of nitrogens with zero attached hydrogens (tertiary/aromatic N) is 1. The van der Waals surface area contributed by atoms with Gasteiger partial charge in [0.1, 0.15) is 5.69 Å². The van der Waals surface area contributed by atoms with E-state index in [1.54, 1.807) is 27.1 Å². The highest BCUT2D eigenvalue weighted by atomic mass is 79.9. The number of aliphatic hydroxyl groups excluding tert-OH is 1. The maximum atomic E-state index is 11.7. The quantitative estimate of drug-likeness (QED) is 0.779. The number of rotatable bonds is 3. The number of pyridine rings is 1. The molecule has 0 aliphatic rings. The molecule has 2 amide bonds. The van der Waals surface area contributed by atoms with Crippen molar-refractivity contribution in [2.24, 2.45) is 7.05 Å². The van der Waals surface area contributed by atoms with E-state index in [9.17, 15) is 9.59 Å². The topological polar surface area (TPSA) is 83.4 Å². The third-order valence-corrected chi connectivity index (χ3v) is 2.68. The molecule has 0 unspecified atom stereocenters. The van der Waals surface area contributed by atoms with Gasteiger partial charge in [-0.25, -0.2) is 4.79 Å². The number of anilines is 1. The van der Waals surface area contributed by atoms with E-state index in [1.165, 1.54) is 10.6 Å². The maximum absolute atomic E-state index is 11.7. The van der Waals surface area contributed by atoms with Crippen LogP contribution in [0.1, 0.15) is 13.8 Å². The Morgan fingerprint density at radius 3 is 2.72 bits per heavy atom. The molecule has 0 bridgehead atoms. The van der Waals surface area contributed by atoms with E-state index in [0.717, 1.165) is 0 Å². The first-order valence-corrected chi connectivity index (χ1v) is 6.11. The van der Waals surface area contributed by atoms with Crippen LogP contribution in [0, 0.1) is 0 Å². The van der Waals surface area contributed by atoms with Gasteiger partial charge in [0.2, 0.25) is 0 Å². The van der Waals surface area contributed by atoms with E-state index in [0.29, 0.717) is 4.47 Å². The van der Waals surface area contributed by atoms with Crippen molar-refractivity contribution in [1.82, 2.24) is 9.88 Å². The van der Waals surface area contributed by atoms with E-state index in [4.69, 9.17) is 5.11 Å². The summed E-state index contributed by atoms with van der Waals surface area (Å²) in [6, 6.07) is 0.984. The monoisotopic (exact) mass is 317 g/mol. The third kappa shape index (κ3) is 3.85. The van der Waals surface area contributed by atoms with Gasteiger partial charge in [-0.3, -0.25) is 4.79 Å². The fraction of sp³-hybridized carbons (Fsp3) is 0.455. The lowest BCUT2D eigenvalue weighted by molar-refractivity contribution is 0.187. The van der Waals surface area contributed by atoms with Gasteiger partial charge >= 0.3 is 6.03 Å². The Balaban J connectivity index is 2.86. The number of amides is 2. The molecule has 1 aromatic heterocycles. The number of halogens is 1. The Morgan fingerprint density at radius 2 is 2.17 bits per heavy atom. The van der Waals surface area contributed by atoms with Gasteiger partial charge in [-0.2, -0.15) is 0 Å². The number of hydrogen-bond donors (Lipinski definition) is 3. The Labute approximate surface area is 113 Å². The van der Waals surface area contributed by atoms with Gasteiger partial charge in [-0.15, -0.1) is 0 Å². The van der Waals surface area contributed by atoms with Crippen molar-refractivity contribution in [2.75, 3.05) is 11.9 Å². The van der Waals surface area contributed by atoms with Crippen LogP contribution in [0.3, 0.4) is 0 Å². The molecule has 3 N–H and O–H groups in total. The minimum atomic E-state index is -0.749. The van der Waals surface area contributed by atoms with Gasteiger partial charge in [0.15, 0.2) is 0 Å². The largest absolute Gasteiger partial charge is 0.394 e. The second-order valence-electron chi connectivity index (χ2n) is 4.61. The van der Waals surface area contributed by atoms with Crippen LogP contribution in [0.25, 0.3) is 0 Å². The molecular formula is C11H16BrN3O3. The zero-order chi connectivity index (χ0) is 13.9. The second kappa shape index (κ2) is 5.53. The van der Waals surface area contributed by atoms with Crippen molar-refractivity contribution >= 4 is 27.6 Å². The highest BCUT2D eigenvalue weighted by molar-refractivity contribution is 9.10. The predicted molar refractivity (Wildman–Crippen MR) is 72.7 cm³/mol. The molecule has 1 aromatic rings. The summed E-state index contributed by atoms with van der Waals surface area (Å²) in [5.41, 5.74) is -0.894. The molecular weight excluding hydrogens is 302 g/mol. The normalized spacial score (nSPS) is 11.2. The van der Waals surface area contributed by atoms with Crippen LogP contribution in [-0.2, 0) is 7.05 Å². The first kappa shape index (κ1) is 14.7. The number of aryl methyl sites for hydroxylation is 1. The summed E-state index contributed by atoms with van der Waals surface area (Å²) >= 11 is 3.24. The molecule has 0 spiro atoms. The average molecular weight is 318 g/mol. The van der Waals surface area contributed by atoms with E-state index in [2.05, 4.69) is 26.6 Å². The number of urea groups is 1. The van der Waals surface area contributed by atoms with Crippen molar-refractivity contribution in [3.8, 4) is 0 Å². The van der Waals surface area contributed by atoms with Crippen LogP contribution in [0.15, 0.2) is 21.5 Å². The van der Waals surface area contributed by atoms with Crippen LogP contribution in [0.5, 0.6) is 0 Å². The number of nitrogens with one attached hydrogen (secondary N) is 2. The first-order valence-electron chi connectivity index (χ1n) is 5.31. The van der Waals surface area contributed by atoms with Crippen molar-refractivity contribution in [3.05, 3.63) is 27.1 Å². The number of aliphatic hydroxyl groups is 1. The zero-order valence-corrected chi connectivity index (χ0v) is 12.0. The van der Waals surface area contributed by atoms with Crippen molar-refractivity contribution in [3.63, 3.8) is 0 Å². The van der Waals surface area contributed by atoms with Gasteiger partial charge in [-0.05, 0) is 35.8 Å². The molecule has 18 heavy (non-hydrogen) atoms. The summed E-state index contributed by atoms with van der Waals surface area (Å²) in [6.07, 6.45) is 1.60. The van der Waals surface area contributed by atoms with E-state index < -0.39 is 11.6 Å². The second-order valence-corrected chi connectivity index (χ2v) is 5.52. The highest BCUT2D eigenvalue weighted by Gasteiger charge is 2.19. The van der Waals surface area contributed by atoms with Crippen LogP contribution in [0.4, 0.5) is 10.5 Å². The molecule has 1 heterocycles. The lowest BCUT2D eigenvalue weighted by atomic mass is 10.1. The molecule has 0 aliphatic heterocycles. The van der Waals surface area contributed by atoms with E-state index in [1.807, 2.05) is 0 Å². The van der Waals surface area contributed by atoms with Crippen LogP contribution < -0.4 is 16.2 Å². The molecule has 0 saturated heterocycles. The predicted octanol–water partition coefficient (Wildman–Crippen LogP) is 1.04. The highest BCUT2D eigenvalue weighted by Crippen LogP contribution is 2.11. The van der Waals surface area contributed by atoms with Crippen LogP contribution in [-0.4, -0.2) is 27.9 Å². The zero-order valence-electron chi connectivity index (χ0n) is 10.5. The molecule has 0 aromatic carbocycles. The molecule has 7 heteroatoms. The molecule has 100 valence electrons. The Hall–Kier alpha value is -1.34. The summed E-state index contributed by atoms with van der Waals surface area (Å²) in [6.45, 7) is 3.15. The third-order valence-electron chi connectivity index (χ3n) is 2.25. The van der Waals surface area contributed by atoms with Crippen LogP contribution >= 0.6 is 15.9 Å². The van der Waals surface area contributed by atoms with E-state index in [-0.39, 0.29) is 17.9 Å². The number of hydrogen-bond acceptors (Lipinski definition) is 3. The average Bonchev–Trinajstić information content (AvgIpc) is 2.24. The molecule has 1 rings (SSSR count). The lowest BCUT2D eigenvalue weighted by Gasteiger charge is -2.23. The number of aromatic nitrogens is 1. The summed E-state index contributed by atoms with van der Waals surface area (Å²) in [7, 11) is 1.59. The smallest absolute Gasteiger partial charge is 0.319 e. The lowest BCUT2D eigenvalue weighted by Crippen LogP contribution is -2.48. The Bertz CT molecular complexity index is 511. The SMILES string of the molecule is Cn1cc(Br)cc(NC(=O)NC(C)(C)CO)c1=O. The summed E-state index contributed by atoms with van der Waals surface area (Å²) in [4.78, 5) is 23.4. The molecule has 0 atom stereocenters. The van der Waals surface area contributed by atoms with E-state index >= 15 is 0 Å². The standard InChI is InChI=1S/C11H16BrN3O3/c1-11(2,6-16)14-10(18)13-8-4-7(12)5-15(3)9(8)17/h4-5,16H,6H2,1-3H3,(H2,13,14,18). The minimum absolute atomic E-state index is 0.165. The fourth-order valence-corrected chi connectivity index (χ4v) is 1.80. The van der Waals surface area contributed by atoms with Crippen LogP contribution in [0.2, 0.25) is 0 Å². The molecule has 6 nitrogen and oxygen atoms in total. The van der Waals surface area contributed by atoms with Gasteiger partial charge in [-0.1, -0.05) is 0 Å². The van der Waals surface area contributed by atoms with Gasteiger partial charge in [0.05, 0.1) is 12.1 Å². The summed E-state index contributed by atoms with van der Waals surface area (Å²) in [5.74, 6) is 0. The Morgan fingerprint density at radius 1 is 1.56 bits per heavy atom. The maximum Gasteiger partial charge on any atom is 0.319 e. The molecule has 0 saturated carbocycles. The van der Waals surface area contributed by atoms with Crippen molar-refractivity contribution in [1.29, 1.82) is 0 Å². The summed E-state index contributed by atoms with van der Waals surface area (Å²) in [5, 5.41) is 14.1. The number of carbonyl (C=O) groups excluding carboxylic acids is 1. The first-order chi connectivity index (χ1) is 8.25. The molecule has 0 radical (unpaired) electrons. The molecule has 0 aliphatic carbocycles. The van der Waals surface area contributed by atoms with Gasteiger partial charge < -0.3 is 20.3 Å². The summed E-state index contributed by atoms with van der Waals surface area (Å²) < 4.78 is 2.04. The Kier molecular flexibility index (Phi) is 4.53. The van der Waals surface area contributed by atoms with Gasteiger partial charge in [0, 0.05) is 17.7 Å². The molecule has 0 fully saturated rings. The van der Waals surface area contributed by atoms with Gasteiger partial charge in [0.25, 0.3) is 5.56 Å².